The van der Waals surface area contributed by atoms with Crippen LogP contribution >= 0.6 is 0 Å². The van der Waals surface area contributed by atoms with Crippen LogP contribution in [0.1, 0.15) is 24.8 Å². The van der Waals surface area contributed by atoms with Gasteiger partial charge in [-0.1, -0.05) is 12.1 Å². The number of rotatable bonds is 6. The van der Waals surface area contributed by atoms with Crippen LogP contribution in [-0.2, 0) is 14.3 Å². The molecule has 114 valence electrons. The molecule has 1 atom stereocenters. The molecule has 2 rings (SSSR count). The summed E-state index contributed by atoms with van der Waals surface area (Å²) in [5, 5.41) is 8.66. The lowest BCUT2D eigenvalue weighted by Gasteiger charge is -2.21. The minimum absolute atomic E-state index is 0.0171. The second-order valence-electron chi connectivity index (χ2n) is 4.71. The van der Waals surface area contributed by atoms with Crippen molar-refractivity contribution in [3.8, 4) is 5.75 Å². The van der Waals surface area contributed by atoms with Crippen LogP contribution in [0.25, 0.3) is 6.08 Å². The maximum Gasteiger partial charge on any atom is 0.333 e. The summed E-state index contributed by atoms with van der Waals surface area (Å²) in [6.07, 6.45) is 5.47. The summed E-state index contributed by atoms with van der Waals surface area (Å²) < 4.78 is 15.8. The fourth-order valence-corrected chi connectivity index (χ4v) is 1.98. The van der Waals surface area contributed by atoms with E-state index in [1.807, 2.05) is 12.1 Å². The summed E-state index contributed by atoms with van der Waals surface area (Å²) in [5.74, 6) is 0.280. The highest BCUT2D eigenvalue weighted by atomic mass is 16.7. The van der Waals surface area contributed by atoms with Crippen molar-refractivity contribution in [2.45, 2.75) is 25.6 Å². The highest BCUT2D eigenvalue weighted by Crippen LogP contribution is 2.15. The number of esters is 1. The highest BCUT2D eigenvalue weighted by molar-refractivity contribution is 5.87. The Bertz CT molecular complexity index is 460. The predicted molar refractivity (Wildman–Crippen MR) is 77.7 cm³/mol. The van der Waals surface area contributed by atoms with Crippen molar-refractivity contribution >= 4 is 12.0 Å². The molecule has 0 bridgehead atoms. The Morgan fingerprint density at radius 1 is 1.33 bits per heavy atom. The summed E-state index contributed by atoms with van der Waals surface area (Å²) >= 11 is 0. The Labute approximate surface area is 124 Å². The highest BCUT2D eigenvalue weighted by Gasteiger charge is 2.16. The van der Waals surface area contributed by atoms with E-state index in [1.54, 1.807) is 18.2 Å². The topological polar surface area (TPSA) is 65.0 Å². The van der Waals surface area contributed by atoms with E-state index in [0.29, 0.717) is 12.4 Å². The first-order valence-corrected chi connectivity index (χ1v) is 7.12. The van der Waals surface area contributed by atoms with Crippen molar-refractivity contribution in [1.82, 2.24) is 0 Å². The monoisotopic (exact) mass is 292 g/mol. The lowest BCUT2D eigenvalue weighted by Crippen LogP contribution is -2.24. The van der Waals surface area contributed by atoms with Gasteiger partial charge in [0.05, 0.1) is 13.2 Å². The first-order chi connectivity index (χ1) is 10.3. The Morgan fingerprint density at radius 3 is 2.81 bits per heavy atom. The van der Waals surface area contributed by atoms with Gasteiger partial charge in [0, 0.05) is 12.5 Å². The van der Waals surface area contributed by atoms with E-state index in [-0.39, 0.29) is 13.2 Å². The number of ether oxygens (including phenoxy) is 3. The first-order valence-electron chi connectivity index (χ1n) is 7.12. The zero-order chi connectivity index (χ0) is 14.9. The van der Waals surface area contributed by atoms with Crippen molar-refractivity contribution < 1.29 is 24.1 Å². The average molecular weight is 292 g/mol. The van der Waals surface area contributed by atoms with Crippen LogP contribution < -0.4 is 4.74 Å². The van der Waals surface area contributed by atoms with E-state index in [2.05, 4.69) is 0 Å². The second kappa shape index (κ2) is 8.44. The van der Waals surface area contributed by atoms with E-state index in [9.17, 15) is 4.79 Å². The van der Waals surface area contributed by atoms with E-state index in [1.165, 1.54) is 6.08 Å². The van der Waals surface area contributed by atoms with E-state index in [0.717, 1.165) is 24.8 Å². The molecular weight excluding hydrogens is 272 g/mol. The van der Waals surface area contributed by atoms with E-state index >= 15 is 0 Å². The van der Waals surface area contributed by atoms with Gasteiger partial charge in [-0.2, -0.15) is 0 Å². The van der Waals surface area contributed by atoms with Gasteiger partial charge in [0.25, 0.3) is 0 Å². The largest absolute Gasteiger partial charge is 0.491 e. The number of carbonyl (C=O) groups is 1. The molecule has 21 heavy (non-hydrogen) atoms. The molecule has 5 heteroatoms. The average Bonchev–Trinajstić information content (AvgIpc) is 2.53. The quantitative estimate of drug-likeness (QED) is 0.643. The molecule has 0 amide bonds. The van der Waals surface area contributed by atoms with Gasteiger partial charge in [0.15, 0.2) is 0 Å². The molecule has 1 saturated heterocycles. The lowest BCUT2D eigenvalue weighted by atomic mass is 10.2. The fraction of sp³-hybridized carbons (Fsp3) is 0.438. The van der Waals surface area contributed by atoms with Crippen molar-refractivity contribution in [3.63, 3.8) is 0 Å². The Kier molecular flexibility index (Phi) is 6.24. The van der Waals surface area contributed by atoms with Gasteiger partial charge < -0.3 is 19.3 Å². The van der Waals surface area contributed by atoms with E-state index in [4.69, 9.17) is 19.3 Å². The van der Waals surface area contributed by atoms with Gasteiger partial charge in [-0.25, -0.2) is 4.79 Å². The van der Waals surface area contributed by atoms with Crippen LogP contribution in [0, 0.1) is 0 Å². The molecule has 1 aliphatic heterocycles. The third kappa shape index (κ3) is 5.57. The van der Waals surface area contributed by atoms with Crippen LogP contribution in [-0.4, -0.2) is 37.2 Å². The Balaban J connectivity index is 1.80. The number of hydrogen-bond donors (Lipinski definition) is 1. The number of benzene rings is 1. The van der Waals surface area contributed by atoms with Gasteiger partial charge >= 0.3 is 5.97 Å². The van der Waals surface area contributed by atoms with Crippen molar-refractivity contribution in [2.75, 3.05) is 19.8 Å². The molecule has 0 radical (unpaired) electrons. The maximum absolute atomic E-state index is 11.7. The summed E-state index contributed by atoms with van der Waals surface area (Å²) in [4.78, 5) is 11.7. The molecule has 0 aliphatic carbocycles. The summed E-state index contributed by atoms with van der Waals surface area (Å²) in [6.45, 7) is 0.899. The minimum Gasteiger partial charge on any atom is -0.491 e. The normalized spacial score (nSPS) is 18.6. The molecule has 0 aromatic heterocycles. The zero-order valence-corrected chi connectivity index (χ0v) is 11.9. The maximum atomic E-state index is 11.7. The molecule has 1 fully saturated rings. The van der Waals surface area contributed by atoms with Crippen molar-refractivity contribution in [3.05, 3.63) is 35.9 Å². The molecular formula is C16H20O5. The Hall–Kier alpha value is -1.85. The van der Waals surface area contributed by atoms with Gasteiger partial charge in [-0.05, 0) is 36.6 Å². The molecule has 0 spiro atoms. The summed E-state index contributed by atoms with van der Waals surface area (Å²) in [7, 11) is 0. The molecule has 1 aromatic carbocycles. The number of aliphatic hydroxyl groups excluding tert-OH is 1. The van der Waals surface area contributed by atoms with Gasteiger partial charge in [0.2, 0.25) is 6.29 Å². The minimum atomic E-state index is -0.412. The molecule has 0 saturated carbocycles. The van der Waals surface area contributed by atoms with Crippen LogP contribution in [0.15, 0.2) is 30.3 Å². The zero-order valence-electron chi connectivity index (χ0n) is 11.9. The molecule has 1 aliphatic rings. The fourth-order valence-electron chi connectivity index (χ4n) is 1.98. The van der Waals surface area contributed by atoms with Crippen LogP contribution in [0.2, 0.25) is 0 Å². The molecule has 1 unspecified atom stereocenters. The predicted octanol–water partition coefficient (Wildman–Crippen LogP) is 2.14. The third-order valence-corrected chi connectivity index (χ3v) is 3.04. The molecule has 1 aromatic rings. The van der Waals surface area contributed by atoms with Gasteiger partial charge in [-0.3, -0.25) is 0 Å². The van der Waals surface area contributed by atoms with Gasteiger partial charge in [-0.15, -0.1) is 0 Å². The smallest absolute Gasteiger partial charge is 0.333 e. The van der Waals surface area contributed by atoms with Crippen molar-refractivity contribution in [1.29, 1.82) is 0 Å². The lowest BCUT2D eigenvalue weighted by molar-refractivity contribution is -0.181. The molecule has 1 heterocycles. The molecule has 1 N–H and O–H groups in total. The Morgan fingerprint density at radius 2 is 2.14 bits per heavy atom. The van der Waals surface area contributed by atoms with E-state index < -0.39 is 12.3 Å². The first kappa shape index (κ1) is 15.5. The van der Waals surface area contributed by atoms with Crippen LogP contribution in [0.5, 0.6) is 5.75 Å². The second-order valence-corrected chi connectivity index (χ2v) is 4.71. The van der Waals surface area contributed by atoms with Gasteiger partial charge in [0.1, 0.15) is 12.4 Å². The number of hydrogen-bond acceptors (Lipinski definition) is 5. The van der Waals surface area contributed by atoms with Crippen LogP contribution in [0.4, 0.5) is 0 Å². The molecule has 5 nitrogen and oxygen atoms in total. The summed E-state index contributed by atoms with van der Waals surface area (Å²) in [5.41, 5.74) is 0.868. The number of aliphatic hydroxyl groups is 1. The van der Waals surface area contributed by atoms with Crippen LogP contribution in [0.3, 0.4) is 0 Å². The standard InChI is InChI=1S/C16H20O5/c17-10-12-19-14-7-4-13(5-8-14)6-9-15(18)21-16-3-1-2-11-20-16/h4-9,16-17H,1-3,10-12H2/b9-6+. The SMILES string of the molecule is O=C(/C=C/c1ccc(OCCO)cc1)OC1CCCCO1. The van der Waals surface area contributed by atoms with Crippen molar-refractivity contribution in [2.24, 2.45) is 0 Å². The number of carbonyl (C=O) groups excluding carboxylic acids is 1. The third-order valence-electron chi connectivity index (χ3n) is 3.04. The summed E-state index contributed by atoms with van der Waals surface area (Å²) in [6, 6.07) is 7.22.